The normalized spacial score (nSPS) is 26.2. The maximum atomic E-state index is 5.69. The lowest BCUT2D eigenvalue weighted by atomic mass is 10.1. The van der Waals surface area contributed by atoms with Crippen molar-refractivity contribution in [1.29, 1.82) is 0 Å². The number of hydrogen-bond acceptors (Lipinski definition) is 0. The lowest BCUT2D eigenvalue weighted by Gasteiger charge is -2.06. The molecule has 0 saturated carbocycles. The maximum absolute atomic E-state index is 5.69. The van der Waals surface area contributed by atoms with Crippen LogP contribution in [0.4, 0.5) is 0 Å². The van der Waals surface area contributed by atoms with Gasteiger partial charge < -0.3 is 0 Å². The minimum absolute atomic E-state index is 0.0667. The third kappa shape index (κ3) is 1.60. The molecule has 1 aliphatic carbocycles. The van der Waals surface area contributed by atoms with Crippen LogP contribution in [-0.4, -0.2) is 5.38 Å². The van der Waals surface area contributed by atoms with Gasteiger partial charge in [0.1, 0.15) is 0 Å². The monoisotopic (exact) mass is 160 g/mol. The lowest BCUT2D eigenvalue weighted by Crippen LogP contribution is -1.94. The van der Waals surface area contributed by atoms with Crippen LogP contribution in [0.5, 0.6) is 0 Å². The van der Waals surface area contributed by atoms with Crippen molar-refractivity contribution < 1.29 is 0 Å². The van der Waals surface area contributed by atoms with Crippen molar-refractivity contribution in [3.8, 4) is 0 Å². The second-order valence-electron chi connectivity index (χ2n) is 1.84. The Morgan fingerprint density at radius 3 is 2.67 bits per heavy atom. The zero-order valence-corrected chi connectivity index (χ0v) is 6.28. The molecule has 0 fully saturated rings. The summed E-state index contributed by atoms with van der Waals surface area (Å²) in [6.45, 7) is 3.68. The van der Waals surface area contributed by atoms with Crippen LogP contribution in [0, 0.1) is 0 Å². The Kier molecular flexibility index (Phi) is 1.99. The highest BCUT2D eigenvalue weighted by Crippen LogP contribution is 2.21. The van der Waals surface area contributed by atoms with E-state index in [1.54, 1.807) is 6.08 Å². The molecule has 1 unspecified atom stereocenters. The second-order valence-corrected chi connectivity index (χ2v) is 2.75. The maximum Gasteiger partial charge on any atom is 0.0717 e. The fourth-order valence-electron chi connectivity index (χ4n) is 0.590. The fraction of sp³-hybridized carbons (Fsp3) is 0.143. The Balaban J connectivity index is 2.82. The summed E-state index contributed by atoms with van der Waals surface area (Å²) < 4.78 is 0. The molecule has 0 aliphatic heterocycles. The van der Waals surface area contributed by atoms with Crippen LogP contribution in [0.3, 0.4) is 0 Å². The molecule has 0 aromatic heterocycles. The molecule has 0 nitrogen and oxygen atoms in total. The topological polar surface area (TPSA) is 0 Å². The van der Waals surface area contributed by atoms with Gasteiger partial charge >= 0.3 is 0 Å². The first-order valence-corrected chi connectivity index (χ1v) is 3.40. The quantitative estimate of drug-likeness (QED) is 0.479. The summed E-state index contributed by atoms with van der Waals surface area (Å²) in [5.74, 6) is 0. The SMILES string of the molecule is C=C1C=CC(Cl)C=C1Cl. The molecule has 0 N–H and O–H groups in total. The fourth-order valence-corrected chi connectivity index (χ4v) is 1.05. The van der Waals surface area contributed by atoms with Crippen molar-refractivity contribution in [3.05, 3.63) is 35.4 Å². The summed E-state index contributed by atoms with van der Waals surface area (Å²) >= 11 is 11.4. The van der Waals surface area contributed by atoms with E-state index in [2.05, 4.69) is 6.58 Å². The van der Waals surface area contributed by atoms with Gasteiger partial charge in [-0.25, -0.2) is 0 Å². The van der Waals surface area contributed by atoms with Crippen LogP contribution in [0.25, 0.3) is 0 Å². The number of halogens is 2. The second kappa shape index (κ2) is 2.59. The van der Waals surface area contributed by atoms with E-state index in [-0.39, 0.29) is 5.38 Å². The third-order valence-electron chi connectivity index (χ3n) is 1.09. The van der Waals surface area contributed by atoms with Crippen LogP contribution >= 0.6 is 23.2 Å². The lowest BCUT2D eigenvalue weighted by molar-refractivity contribution is 1.33. The molecule has 48 valence electrons. The number of rotatable bonds is 0. The van der Waals surface area contributed by atoms with E-state index in [4.69, 9.17) is 23.2 Å². The summed E-state index contributed by atoms with van der Waals surface area (Å²) in [6.07, 6.45) is 5.42. The van der Waals surface area contributed by atoms with Crippen molar-refractivity contribution in [2.45, 2.75) is 5.38 Å². The first kappa shape index (κ1) is 6.91. The molecule has 0 radical (unpaired) electrons. The minimum Gasteiger partial charge on any atom is -0.114 e. The van der Waals surface area contributed by atoms with E-state index in [0.717, 1.165) is 5.57 Å². The highest BCUT2D eigenvalue weighted by molar-refractivity contribution is 6.33. The first-order chi connectivity index (χ1) is 4.20. The largest absolute Gasteiger partial charge is 0.114 e. The highest BCUT2D eigenvalue weighted by Gasteiger charge is 2.04. The van der Waals surface area contributed by atoms with Crippen LogP contribution in [0.15, 0.2) is 35.4 Å². The Hall–Kier alpha value is -0.200. The van der Waals surface area contributed by atoms with E-state index in [1.807, 2.05) is 12.2 Å². The van der Waals surface area contributed by atoms with Gasteiger partial charge in [-0.2, -0.15) is 0 Å². The zero-order chi connectivity index (χ0) is 6.85. The standard InChI is InChI=1S/C7H6Cl2/c1-5-2-3-6(8)4-7(5)9/h2-4,6H,1H2. The Morgan fingerprint density at radius 2 is 2.22 bits per heavy atom. The van der Waals surface area contributed by atoms with Crippen molar-refractivity contribution in [2.75, 3.05) is 0 Å². The summed E-state index contributed by atoms with van der Waals surface area (Å²) in [7, 11) is 0. The van der Waals surface area contributed by atoms with Gasteiger partial charge in [-0.1, -0.05) is 30.3 Å². The van der Waals surface area contributed by atoms with Gasteiger partial charge in [-0.3, -0.25) is 0 Å². The van der Waals surface area contributed by atoms with E-state index in [1.165, 1.54) is 0 Å². The molecular formula is C7H6Cl2. The Bertz CT molecular complexity index is 189. The van der Waals surface area contributed by atoms with E-state index in [9.17, 15) is 0 Å². The van der Waals surface area contributed by atoms with Crippen LogP contribution < -0.4 is 0 Å². The van der Waals surface area contributed by atoms with Gasteiger partial charge in [0.05, 0.1) is 5.38 Å². The van der Waals surface area contributed by atoms with Gasteiger partial charge in [0.15, 0.2) is 0 Å². The molecular weight excluding hydrogens is 155 g/mol. The van der Waals surface area contributed by atoms with Crippen LogP contribution in [-0.2, 0) is 0 Å². The molecule has 0 aromatic rings. The summed E-state index contributed by atoms with van der Waals surface area (Å²) in [6, 6.07) is 0. The predicted molar refractivity (Wildman–Crippen MR) is 41.9 cm³/mol. The number of allylic oxidation sites excluding steroid dienone is 5. The highest BCUT2D eigenvalue weighted by atomic mass is 35.5. The smallest absolute Gasteiger partial charge is 0.0717 e. The van der Waals surface area contributed by atoms with Gasteiger partial charge in [0.2, 0.25) is 0 Å². The first-order valence-electron chi connectivity index (χ1n) is 2.59. The molecule has 0 aromatic carbocycles. The third-order valence-corrected chi connectivity index (χ3v) is 1.73. The molecule has 0 bridgehead atoms. The molecule has 0 saturated heterocycles. The molecule has 0 heterocycles. The average Bonchev–Trinajstić information content (AvgIpc) is 1.80. The van der Waals surface area contributed by atoms with E-state index in [0.29, 0.717) is 5.03 Å². The average molecular weight is 161 g/mol. The molecule has 9 heavy (non-hydrogen) atoms. The van der Waals surface area contributed by atoms with Gasteiger partial charge in [0, 0.05) is 5.03 Å². The molecule has 1 rings (SSSR count). The molecule has 0 spiro atoms. The molecule has 2 heteroatoms. The summed E-state index contributed by atoms with van der Waals surface area (Å²) in [5, 5.41) is 0.584. The minimum atomic E-state index is -0.0667. The van der Waals surface area contributed by atoms with E-state index < -0.39 is 0 Å². The van der Waals surface area contributed by atoms with Crippen LogP contribution in [0.1, 0.15) is 0 Å². The van der Waals surface area contributed by atoms with Crippen molar-refractivity contribution in [2.24, 2.45) is 0 Å². The zero-order valence-electron chi connectivity index (χ0n) is 4.77. The molecule has 0 amide bonds. The van der Waals surface area contributed by atoms with Gasteiger partial charge in [0.25, 0.3) is 0 Å². The van der Waals surface area contributed by atoms with Gasteiger partial charge in [-0.15, -0.1) is 11.6 Å². The van der Waals surface area contributed by atoms with Crippen molar-refractivity contribution >= 4 is 23.2 Å². The van der Waals surface area contributed by atoms with Crippen molar-refractivity contribution in [3.63, 3.8) is 0 Å². The molecule has 1 atom stereocenters. The van der Waals surface area contributed by atoms with E-state index >= 15 is 0 Å². The number of alkyl halides is 1. The summed E-state index contributed by atoms with van der Waals surface area (Å²) in [4.78, 5) is 0. The van der Waals surface area contributed by atoms with Crippen LogP contribution in [0.2, 0.25) is 0 Å². The van der Waals surface area contributed by atoms with Crippen molar-refractivity contribution in [1.82, 2.24) is 0 Å². The van der Waals surface area contributed by atoms with Gasteiger partial charge in [-0.05, 0) is 11.6 Å². The predicted octanol–water partition coefficient (Wildman–Crippen LogP) is 2.84. The Labute approximate surface area is 64.5 Å². The Morgan fingerprint density at radius 1 is 1.56 bits per heavy atom. The number of hydrogen-bond donors (Lipinski definition) is 0. The molecule has 1 aliphatic rings. The summed E-state index contributed by atoms with van der Waals surface area (Å²) in [5.41, 5.74) is 0.827.